The van der Waals surface area contributed by atoms with Crippen molar-refractivity contribution in [3.8, 4) is 0 Å². The Hall–Kier alpha value is -1.51. The number of halogens is 2. The van der Waals surface area contributed by atoms with Crippen molar-refractivity contribution in [1.82, 2.24) is 0 Å². The summed E-state index contributed by atoms with van der Waals surface area (Å²) in [6, 6.07) is 14.7. The second-order valence-electron chi connectivity index (χ2n) is 4.48. The van der Waals surface area contributed by atoms with Gasteiger partial charge >= 0.3 is 0 Å². The van der Waals surface area contributed by atoms with E-state index >= 15 is 0 Å². The van der Waals surface area contributed by atoms with Gasteiger partial charge in [0.1, 0.15) is 0 Å². The number of carbonyl (C=O) groups excluding carboxylic acids is 1. The van der Waals surface area contributed by atoms with Crippen LogP contribution in [0.5, 0.6) is 0 Å². The molecule has 1 N–H and O–H groups in total. The van der Waals surface area contributed by atoms with Crippen LogP contribution in [0.2, 0.25) is 10.0 Å². The van der Waals surface area contributed by atoms with Crippen LogP contribution in [0.15, 0.2) is 48.5 Å². The normalized spacial score (nSPS) is 11.9. The van der Waals surface area contributed by atoms with Gasteiger partial charge in [0.25, 0.3) is 0 Å². The number of hydrogen-bond donors (Lipinski definition) is 1. The Labute approximate surface area is 128 Å². The van der Waals surface area contributed by atoms with Gasteiger partial charge in [-0.15, -0.1) is 0 Å². The summed E-state index contributed by atoms with van der Waals surface area (Å²) in [5, 5.41) is 3.86. The number of anilines is 1. The van der Waals surface area contributed by atoms with Gasteiger partial charge in [-0.3, -0.25) is 4.79 Å². The molecule has 0 heterocycles. The number of carbonyl (C=O) groups is 1. The van der Waals surface area contributed by atoms with E-state index in [1.807, 2.05) is 37.3 Å². The predicted molar refractivity (Wildman–Crippen MR) is 84.6 cm³/mol. The van der Waals surface area contributed by atoms with E-state index in [2.05, 4.69) is 5.32 Å². The van der Waals surface area contributed by atoms with Gasteiger partial charge in [0.05, 0.1) is 16.6 Å². The minimum atomic E-state index is -0.203. The van der Waals surface area contributed by atoms with E-state index in [0.29, 0.717) is 22.2 Å². The molecule has 1 atom stereocenters. The van der Waals surface area contributed by atoms with Gasteiger partial charge in [-0.1, -0.05) is 60.5 Å². The molecule has 2 nitrogen and oxygen atoms in total. The highest BCUT2D eigenvalue weighted by Gasteiger charge is 2.19. The number of benzene rings is 2. The summed E-state index contributed by atoms with van der Waals surface area (Å²) in [5.74, 6) is -0.283. The molecule has 0 aromatic heterocycles. The van der Waals surface area contributed by atoms with E-state index in [9.17, 15) is 4.79 Å². The molecule has 0 saturated heterocycles. The molecule has 0 fully saturated rings. The van der Waals surface area contributed by atoms with E-state index in [1.54, 1.807) is 18.2 Å². The van der Waals surface area contributed by atoms with Crippen molar-refractivity contribution in [2.24, 2.45) is 0 Å². The minimum absolute atomic E-state index is 0.0807. The molecular formula is C16H15Cl2NO. The van der Waals surface area contributed by atoms with E-state index in [-0.39, 0.29) is 11.8 Å². The van der Waals surface area contributed by atoms with Gasteiger partial charge in [-0.25, -0.2) is 0 Å². The van der Waals surface area contributed by atoms with E-state index in [4.69, 9.17) is 23.2 Å². The van der Waals surface area contributed by atoms with E-state index in [0.717, 1.165) is 5.56 Å². The maximum Gasteiger partial charge on any atom is 0.231 e. The second-order valence-corrected chi connectivity index (χ2v) is 5.33. The fourth-order valence-corrected chi connectivity index (χ4v) is 2.41. The second kappa shape index (κ2) is 6.78. The van der Waals surface area contributed by atoms with Crippen LogP contribution < -0.4 is 5.32 Å². The first kappa shape index (κ1) is 14.9. The summed E-state index contributed by atoms with van der Waals surface area (Å²) in [5.41, 5.74) is 1.53. The lowest BCUT2D eigenvalue weighted by molar-refractivity contribution is -0.117. The van der Waals surface area contributed by atoms with Crippen LogP contribution >= 0.6 is 23.2 Å². The SMILES string of the molecule is CC[C@H](C(=O)Nc1cc(Cl)ccc1Cl)c1ccccc1. The van der Waals surface area contributed by atoms with Crippen molar-refractivity contribution >= 4 is 34.8 Å². The minimum Gasteiger partial charge on any atom is -0.324 e. The molecule has 20 heavy (non-hydrogen) atoms. The van der Waals surface area contributed by atoms with Crippen molar-refractivity contribution in [2.75, 3.05) is 5.32 Å². The van der Waals surface area contributed by atoms with Gasteiger partial charge in [-0.05, 0) is 30.2 Å². The molecular weight excluding hydrogens is 293 g/mol. The van der Waals surface area contributed by atoms with Crippen molar-refractivity contribution in [2.45, 2.75) is 19.3 Å². The third kappa shape index (κ3) is 3.53. The highest BCUT2D eigenvalue weighted by molar-refractivity contribution is 6.35. The van der Waals surface area contributed by atoms with E-state index < -0.39 is 0 Å². The fraction of sp³-hybridized carbons (Fsp3) is 0.188. The number of amides is 1. The third-order valence-electron chi connectivity index (χ3n) is 3.11. The largest absolute Gasteiger partial charge is 0.324 e. The molecule has 0 aliphatic rings. The van der Waals surface area contributed by atoms with Crippen LogP contribution in [-0.4, -0.2) is 5.91 Å². The van der Waals surface area contributed by atoms with Gasteiger partial charge in [0.2, 0.25) is 5.91 Å². The lowest BCUT2D eigenvalue weighted by Crippen LogP contribution is -2.20. The molecule has 1 amide bonds. The van der Waals surface area contributed by atoms with Gasteiger partial charge in [0.15, 0.2) is 0 Å². The third-order valence-corrected chi connectivity index (χ3v) is 3.68. The Balaban J connectivity index is 2.20. The average molecular weight is 308 g/mol. The molecule has 2 rings (SSSR count). The quantitative estimate of drug-likeness (QED) is 0.834. The zero-order chi connectivity index (χ0) is 14.5. The summed E-state index contributed by atoms with van der Waals surface area (Å²) in [7, 11) is 0. The topological polar surface area (TPSA) is 29.1 Å². The van der Waals surface area contributed by atoms with Gasteiger partial charge < -0.3 is 5.32 Å². The first-order valence-corrected chi connectivity index (χ1v) is 7.18. The molecule has 0 unspecified atom stereocenters. The Morgan fingerprint density at radius 1 is 1.15 bits per heavy atom. The van der Waals surface area contributed by atoms with E-state index in [1.165, 1.54) is 0 Å². The Morgan fingerprint density at radius 3 is 2.50 bits per heavy atom. The zero-order valence-electron chi connectivity index (χ0n) is 11.1. The maximum absolute atomic E-state index is 12.4. The molecule has 0 bridgehead atoms. The predicted octanol–water partition coefficient (Wildman–Crippen LogP) is 5.13. The zero-order valence-corrected chi connectivity index (χ0v) is 12.6. The number of hydrogen-bond acceptors (Lipinski definition) is 1. The molecule has 0 aliphatic heterocycles. The van der Waals surface area contributed by atoms with Crippen LogP contribution in [0.4, 0.5) is 5.69 Å². The summed E-state index contributed by atoms with van der Waals surface area (Å²) in [6.07, 6.45) is 0.716. The number of nitrogens with one attached hydrogen (secondary N) is 1. The lowest BCUT2D eigenvalue weighted by atomic mass is 9.95. The molecule has 0 aliphatic carbocycles. The lowest BCUT2D eigenvalue weighted by Gasteiger charge is -2.16. The van der Waals surface area contributed by atoms with Crippen molar-refractivity contribution < 1.29 is 4.79 Å². The molecule has 0 radical (unpaired) electrons. The highest BCUT2D eigenvalue weighted by Crippen LogP contribution is 2.28. The summed E-state index contributed by atoms with van der Waals surface area (Å²) in [6.45, 7) is 1.98. The first-order chi connectivity index (χ1) is 9.61. The Morgan fingerprint density at radius 2 is 1.85 bits per heavy atom. The van der Waals surface area contributed by atoms with Gasteiger partial charge in [0, 0.05) is 5.02 Å². The average Bonchev–Trinajstić information content (AvgIpc) is 2.45. The standard InChI is InChI=1S/C16H15Cl2NO/c1-2-13(11-6-4-3-5-7-11)16(20)19-15-10-12(17)8-9-14(15)18/h3-10,13H,2H2,1H3,(H,19,20)/t13-/m0/s1. The molecule has 2 aromatic carbocycles. The summed E-state index contributed by atoms with van der Waals surface area (Å²) < 4.78 is 0. The van der Waals surface area contributed by atoms with Crippen molar-refractivity contribution in [3.63, 3.8) is 0 Å². The van der Waals surface area contributed by atoms with Crippen LogP contribution in [0.3, 0.4) is 0 Å². The van der Waals surface area contributed by atoms with Crippen LogP contribution in [-0.2, 0) is 4.79 Å². The van der Waals surface area contributed by atoms with Gasteiger partial charge in [-0.2, -0.15) is 0 Å². The Bertz CT molecular complexity index is 599. The van der Waals surface area contributed by atoms with Crippen LogP contribution in [0.1, 0.15) is 24.8 Å². The van der Waals surface area contributed by atoms with Crippen molar-refractivity contribution in [3.05, 3.63) is 64.1 Å². The highest BCUT2D eigenvalue weighted by atomic mass is 35.5. The molecule has 4 heteroatoms. The molecule has 0 spiro atoms. The van der Waals surface area contributed by atoms with Crippen LogP contribution in [0, 0.1) is 0 Å². The summed E-state index contributed by atoms with van der Waals surface area (Å²) in [4.78, 5) is 12.4. The summed E-state index contributed by atoms with van der Waals surface area (Å²) >= 11 is 12.0. The van der Waals surface area contributed by atoms with Crippen LogP contribution in [0.25, 0.3) is 0 Å². The first-order valence-electron chi connectivity index (χ1n) is 6.42. The van der Waals surface area contributed by atoms with Crippen molar-refractivity contribution in [1.29, 1.82) is 0 Å². The monoisotopic (exact) mass is 307 g/mol. The smallest absolute Gasteiger partial charge is 0.231 e. The maximum atomic E-state index is 12.4. The Kier molecular flexibility index (Phi) is 5.05. The molecule has 104 valence electrons. The molecule has 0 saturated carbocycles. The fourth-order valence-electron chi connectivity index (χ4n) is 2.07. The molecule has 2 aromatic rings. The number of rotatable bonds is 4.